The van der Waals surface area contributed by atoms with Crippen molar-refractivity contribution in [3.8, 4) is 0 Å². The van der Waals surface area contributed by atoms with Crippen LogP contribution in [-0.4, -0.2) is 5.78 Å². The Morgan fingerprint density at radius 1 is 1.42 bits per heavy atom. The lowest BCUT2D eigenvalue weighted by Gasteiger charge is -2.24. The molecule has 0 unspecified atom stereocenters. The Morgan fingerprint density at radius 3 is 2.67 bits per heavy atom. The van der Waals surface area contributed by atoms with Crippen LogP contribution in [-0.2, 0) is 4.79 Å². The first kappa shape index (κ1) is 7.78. The summed E-state index contributed by atoms with van der Waals surface area (Å²) in [6.07, 6.45) is 4.95. The Kier molecular flexibility index (Phi) is 1.36. The number of carbonyl (C=O) groups excluding carboxylic acids is 1. The first-order valence-corrected chi connectivity index (χ1v) is 4.45. The van der Waals surface area contributed by atoms with Crippen molar-refractivity contribution >= 4 is 5.78 Å². The number of carbonyl (C=O) groups is 1. The molecule has 0 radical (unpaired) electrons. The predicted molar refractivity (Wildman–Crippen MR) is 48.7 cm³/mol. The van der Waals surface area contributed by atoms with Gasteiger partial charge in [-0.2, -0.15) is 0 Å². The standard InChI is InChI=1S/C11H14O/c1-7-4-5-11(3)9(12)6-8(2)10(7)11/h4,6,10H,5H2,1-3H3/t10-,11+/m1/s1. The van der Waals surface area contributed by atoms with Crippen LogP contribution in [0.4, 0.5) is 0 Å². The molecule has 0 spiro atoms. The van der Waals surface area contributed by atoms with Gasteiger partial charge >= 0.3 is 0 Å². The molecule has 0 aromatic carbocycles. The van der Waals surface area contributed by atoms with Crippen LogP contribution in [0.3, 0.4) is 0 Å². The molecule has 0 aliphatic heterocycles. The van der Waals surface area contributed by atoms with Crippen molar-refractivity contribution in [1.82, 2.24) is 0 Å². The Bertz CT molecular complexity index is 309. The summed E-state index contributed by atoms with van der Waals surface area (Å²) in [5.41, 5.74) is 2.50. The molecule has 2 aliphatic carbocycles. The summed E-state index contributed by atoms with van der Waals surface area (Å²) in [6, 6.07) is 0. The van der Waals surface area contributed by atoms with Crippen LogP contribution < -0.4 is 0 Å². The molecule has 0 bridgehead atoms. The van der Waals surface area contributed by atoms with E-state index >= 15 is 0 Å². The number of allylic oxidation sites excluding steroid dienone is 4. The monoisotopic (exact) mass is 162 g/mol. The highest BCUT2D eigenvalue weighted by Gasteiger charge is 2.48. The second-order valence-electron chi connectivity index (χ2n) is 4.26. The Balaban J connectivity index is 2.48. The smallest absolute Gasteiger partial charge is 0.162 e. The van der Waals surface area contributed by atoms with Crippen molar-refractivity contribution < 1.29 is 4.79 Å². The number of hydrogen-bond donors (Lipinski definition) is 0. The van der Waals surface area contributed by atoms with Crippen LogP contribution in [0.2, 0.25) is 0 Å². The fourth-order valence-corrected chi connectivity index (χ4v) is 2.67. The quantitative estimate of drug-likeness (QED) is 0.500. The minimum absolute atomic E-state index is 0.117. The van der Waals surface area contributed by atoms with Crippen molar-refractivity contribution in [3.05, 3.63) is 23.3 Å². The van der Waals surface area contributed by atoms with Crippen LogP contribution >= 0.6 is 0 Å². The number of rotatable bonds is 0. The lowest BCUT2D eigenvalue weighted by Crippen LogP contribution is -2.26. The highest BCUT2D eigenvalue weighted by Crippen LogP contribution is 2.51. The van der Waals surface area contributed by atoms with Crippen molar-refractivity contribution in [3.63, 3.8) is 0 Å². The van der Waals surface area contributed by atoms with E-state index in [4.69, 9.17) is 0 Å². The summed E-state index contributed by atoms with van der Waals surface area (Å²) in [5.74, 6) is 0.725. The average Bonchev–Trinajstić information content (AvgIpc) is 2.38. The van der Waals surface area contributed by atoms with Crippen LogP contribution in [0.25, 0.3) is 0 Å². The minimum Gasteiger partial charge on any atom is -0.294 e. The van der Waals surface area contributed by atoms with Gasteiger partial charge in [0.2, 0.25) is 0 Å². The topological polar surface area (TPSA) is 17.1 Å². The maximum atomic E-state index is 11.6. The molecule has 0 N–H and O–H groups in total. The summed E-state index contributed by atoms with van der Waals surface area (Å²) in [7, 11) is 0. The van der Waals surface area contributed by atoms with Gasteiger partial charge in [0.25, 0.3) is 0 Å². The number of fused-ring (bicyclic) bond motifs is 1. The molecule has 2 aliphatic rings. The van der Waals surface area contributed by atoms with Gasteiger partial charge in [0.15, 0.2) is 5.78 Å². The number of ketones is 1. The van der Waals surface area contributed by atoms with E-state index in [1.165, 1.54) is 11.1 Å². The maximum Gasteiger partial charge on any atom is 0.162 e. The van der Waals surface area contributed by atoms with Gasteiger partial charge in [-0.1, -0.05) is 24.1 Å². The highest BCUT2D eigenvalue weighted by atomic mass is 16.1. The maximum absolute atomic E-state index is 11.6. The molecular weight excluding hydrogens is 148 g/mol. The molecule has 0 fully saturated rings. The van der Waals surface area contributed by atoms with E-state index in [2.05, 4.69) is 26.8 Å². The Hall–Kier alpha value is -0.850. The molecule has 0 aromatic heterocycles. The fourth-order valence-electron chi connectivity index (χ4n) is 2.67. The van der Waals surface area contributed by atoms with Gasteiger partial charge in [-0.25, -0.2) is 0 Å². The summed E-state index contributed by atoms with van der Waals surface area (Å²) < 4.78 is 0. The summed E-state index contributed by atoms with van der Waals surface area (Å²) >= 11 is 0. The van der Waals surface area contributed by atoms with Crippen molar-refractivity contribution in [2.45, 2.75) is 27.2 Å². The third-order valence-corrected chi connectivity index (χ3v) is 3.32. The first-order valence-electron chi connectivity index (χ1n) is 4.45. The molecule has 1 heteroatoms. The zero-order valence-electron chi connectivity index (χ0n) is 7.85. The summed E-state index contributed by atoms with van der Waals surface area (Å²) in [4.78, 5) is 11.6. The molecule has 0 aromatic rings. The molecule has 2 rings (SSSR count). The van der Waals surface area contributed by atoms with Gasteiger partial charge in [-0.15, -0.1) is 0 Å². The van der Waals surface area contributed by atoms with Gasteiger partial charge in [-0.05, 0) is 26.3 Å². The summed E-state index contributed by atoms with van der Waals surface area (Å²) in [5, 5.41) is 0. The predicted octanol–water partition coefficient (Wildman–Crippen LogP) is 2.49. The van der Waals surface area contributed by atoms with E-state index in [9.17, 15) is 4.79 Å². The third kappa shape index (κ3) is 0.715. The van der Waals surface area contributed by atoms with E-state index in [0.717, 1.165) is 6.42 Å². The van der Waals surface area contributed by atoms with Crippen LogP contribution in [0.5, 0.6) is 0 Å². The lowest BCUT2D eigenvalue weighted by atomic mass is 9.76. The normalized spacial score (nSPS) is 39.6. The van der Waals surface area contributed by atoms with Gasteiger partial charge < -0.3 is 0 Å². The minimum atomic E-state index is -0.117. The van der Waals surface area contributed by atoms with E-state index < -0.39 is 0 Å². The van der Waals surface area contributed by atoms with E-state index in [1.54, 1.807) is 0 Å². The SMILES string of the molecule is CC1=CC[C@@]2(C)C(=O)C=C(C)[C@@H]12. The van der Waals surface area contributed by atoms with Crippen LogP contribution in [0.15, 0.2) is 23.3 Å². The van der Waals surface area contributed by atoms with Gasteiger partial charge in [0, 0.05) is 11.3 Å². The third-order valence-electron chi connectivity index (χ3n) is 3.32. The van der Waals surface area contributed by atoms with Crippen LogP contribution in [0.1, 0.15) is 27.2 Å². The van der Waals surface area contributed by atoms with E-state index in [-0.39, 0.29) is 5.41 Å². The molecule has 64 valence electrons. The fraction of sp³-hybridized carbons (Fsp3) is 0.545. The molecular formula is C11H14O. The van der Waals surface area contributed by atoms with E-state index in [1.807, 2.05) is 6.08 Å². The number of hydrogen-bond acceptors (Lipinski definition) is 1. The first-order chi connectivity index (χ1) is 5.55. The second-order valence-corrected chi connectivity index (χ2v) is 4.26. The Labute approximate surface area is 73.2 Å². The molecule has 1 nitrogen and oxygen atoms in total. The van der Waals surface area contributed by atoms with Crippen molar-refractivity contribution in [1.29, 1.82) is 0 Å². The van der Waals surface area contributed by atoms with Crippen LogP contribution in [0, 0.1) is 11.3 Å². The molecule has 0 heterocycles. The lowest BCUT2D eigenvalue weighted by molar-refractivity contribution is -0.122. The second kappa shape index (κ2) is 2.09. The average molecular weight is 162 g/mol. The zero-order chi connectivity index (χ0) is 8.93. The van der Waals surface area contributed by atoms with Crippen molar-refractivity contribution in [2.24, 2.45) is 11.3 Å². The highest BCUT2D eigenvalue weighted by molar-refractivity contribution is 5.99. The van der Waals surface area contributed by atoms with Crippen molar-refractivity contribution in [2.75, 3.05) is 0 Å². The Morgan fingerprint density at radius 2 is 2.08 bits per heavy atom. The molecule has 0 saturated carbocycles. The van der Waals surface area contributed by atoms with Gasteiger partial charge in [0.1, 0.15) is 0 Å². The largest absolute Gasteiger partial charge is 0.294 e. The van der Waals surface area contributed by atoms with Gasteiger partial charge in [0.05, 0.1) is 0 Å². The van der Waals surface area contributed by atoms with Gasteiger partial charge in [-0.3, -0.25) is 4.79 Å². The molecule has 2 atom stereocenters. The summed E-state index contributed by atoms with van der Waals surface area (Å²) in [6.45, 7) is 6.28. The molecule has 0 saturated heterocycles. The zero-order valence-corrected chi connectivity index (χ0v) is 7.85. The molecule has 12 heavy (non-hydrogen) atoms. The molecule has 0 amide bonds. The van der Waals surface area contributed by atoms with E-state index in [0.29, 0.717) is 11.7 Å².